The predicted molar refractivity (Wildman–Crippen MR) is 69.1 cm³/mol. The molecular weight excluding hydrogens is 266 g/mol. The summed E-state index contributed by atoms with van der Waals surface area (Å²) in [5.41, 5.74) is 0.536. The summed E-state index contributed by atoms with van der Waals surface area (Å²) in [5, 5.41) is 2.59. The van der Waals surface area contributed by atoms with E-state index in [9.17, 15) is 18.4 Å². The zero-order chi connectivity index (χ0) is 14.7. The smallest absolute Gasteiger partial charge is 0.255 e. The summed E-state index contributed by atoms with van der Waals surface area (Å²) >= 11 is 0. The van der Waals surface area contributed by atoms with E-state index >= 15 is 0 Å². The molecule has 2 atom stereocenters. The lowest BCUT2D eigenvalue weighted by Gasteiger charge is -2.38. The SMILES string of the molecule is CCC1NC(=O)C(c2ccccc2)N(CC(F)F)C1=O. The largest absolute Gasteiger partial charge is 0.342 e. The normalized spacial score (nSPS) is 23.1. The lowest BCUT2D eigenvalue weighted by Crippen LogP contribution is -2.59. The fraction of sp³-hybridized carbons (Fsp3) is 0.429. The van der Waals surface area contributed by atoms with Gasteiger partial charge in [-0.1, -0.05) is 37.3 Å². The first kappa shape index (κ1) is 14.4. The van der Waals surface area contributed by atoms with Gasteiger partial charge in [0.1, 0.15) is 12.1 Å². The number of alkyl halides is 2. The Morgan fingerprint density at radius 2 is 1.90 bits per heavy atom. The second-order valence-corrected chi connectivity index (χ2v) is 4.66. The summed E-state index contributed by atoms with van der Waals surface area (Å²) in [4.78, 5) is 25.3. The molecule has 0 aromatic heterocycles. The number of carbonyl (C=O) groups is 2. The van der Waals surface area contributed by atoms with E-state index < -0.39 is 36.9 Å². The summed E-state index contributed by atoms with van der Waals surface area (Å²) in [5.74, 6) is -0.871. The van der Waals surface area contributed by atoms with Crippen molar-refractivity contribution in [2.75, 3.05) is 6.54 Å². The molecule has 0 saturated carbocycles. The van der Waals surface area contributed by atoms with Crippen molar-refractivity contribution in [2.24, 2.45) is 0 Å². The second kappa shape index (κ2) is 5.98. The minimum Gasteiger partial charge on any atom is -0.342 e. The molecule has 0 aliphatic carbocycles. The van der Waals surface area contributed by atoms with E-state index in [1.165, 1.54) is 0 Å². The predicted octanol–water partition coefficient (Wildman–Crippen LogP) is 1.73. The topological polar surface area (TPSA) is 49.4 Å². The number of halogens is 2. The van der Waals surface area contributed by atoms with E-state index in [0.717, 1.165) is 4.90 Å². The molecule has 6 heteroatoms. The lowest BCUT2D eigenvalue weighted by atomic mass is 9.99. The highest BCUT2D eigenvalue weighted by Crippen LogP contribution is 2.26. The van der Waals surface area contributed by atoms with Crippen LogP contribution in [0.15, 0.2) is 30.3 Å². The molecule has 1 fully saturated rings. The first-order chi connectivity index (χ1) is 9.54. The minimum absolute atomic E-state index is 0.381. The zero-order valence-corrected chi connectivity index (χ0v) is 11.1. The molecular formula is C14H16F2N2O2. The molecule has 4 nitrogen and oxygen atoms in total. The fourth-order valence-corrected chi connectivity index (χ4v) is 2.37. The Labute approximate surface area is 115 Å². The van der Waals surface area contributed by atoms with Gasteiger partial charge >= 0.3 is 0 Å². The molecule has 1 N–H and O–H groups in total. The van der Waals surface area contributed by atoms with E-state index in [1.807, 2.05) is 0 Å². The Morgan fingerprint density at radius 3 is 2.45 bits per heavy atom. The molecule has 108 valence electrons. The van der Waals surface area contributed by atoms with Crippen LogP contribution in [0.3, 0.4) is 0 Å². The minimum atomic E-state index is -2.67. The number of carbonyl (C=O) groups excluding carboxylic acids is 2. The third-order valence-corrected chi connectivity index (χ3v) is 3.32. The molecule has 0 radical (unpaired) electrons. The van der Waals surface area contributed by atoms with Crippen molar-refractivity contribution in [3.63, 3.8) is 0 Å². The highest BCUT2D eigenvalue weighted by Gasteiger charge is 2.41. The van der Waals surface area contributed by atoms with Crippen LogP contribution in [0.4, 0.5) is 8.78 Å². The summed E-state index contributed by atoms with van der Waals surface area (Å²) in [6, 6.07) is 6.78. The van der Waals surface area contributed by atoms with E-state index in [1.54, 1.807) is 37.3 Å². The number of hydrogen-bond acceptors (Lipinski definition) is 2. The van der Waals surface area contributed by atoms with Crippen LogP contribution in [0.25, 0.3) is 0 Å². The zero-order valence-electron chi connectivity index (χ0n) is 11.1. The van der Waals surface area contributed by atoms with Gasteiger partial charge in [-0.05, 0) is 12.0 Å². The van der Waals surface area contributed by atoms with Crippen LogP contribution in [0.5, 0.6) is 0 Å². The van der Waals surface area contributed by atoms with Crippen LogP contribution in [-0.4, -0.2) is 35.7 Å². The number of benzene rings is 1. The van der Waals surface area contributed by atoms with Crippen molar-refractivity contribution in [3.8, 4) is 0 Å². The maximum Gasteiger partial charge on any atom is 0.255 e. The first-order valence-electron chi connectivity index (χ1n) is 6.48. The van der Waals surface area contributed by atoms with Crippen molar-refractivity contribution in [1.29, 1.82) is 0 Å². The Balaban J connectivity index is 2.36. The number of hydrogen-bond donors (Lipinski definition) is 1. The molecule has 1 aliphatic heterocycles. The molecule has 1 aliphatic rings. The molecule has 20 heavy (non-hydrogen) atoms. The second-order valence-electron chi connectivity index (χ2n) is 4.66. The van der Waals surface area contributed by atoms with Crippen molar-refractivity contribution < 1.29 is 18.4 Å². The highest BCUT2D eigenvalue weighted by molar-refractivity contribution is 5.97. The van der Waals surface area contributed by atoms with Gasteiger partial charge in [-0.2, -0.15) is 0 Å². The van der Waals surface area contributed by atoms with Gasteiger partial charge in [0.2, 0.25) is 11.8 Å². The van der Waals surface area contributed by atoms with E-state index in [2.05, 4.69) is 5.32 Å². The first-order valence-corrected chi connectivity index (χ1v) is 6.48. The van der Waals surface area contributed by atoms with Gasteiger partial charge in [0.05, 0.1) is 6.54 Å². The standard InChI is InChI=1S/C14H16F2N2O2/c1-2-10-14(20)18(8-11(15)16)12(13(19)17-10)9-6-4-3-5-7-9/h3-7,10-12H,2,8H2,1H3,(H,17,19). The van der Waals surface area contributed by atoms with Crippen LogP contribution in [0.1, 0.15) is 24.9 Å². The summed E-state index contributed by atoms with van der Waals surface area (Å²) in [7, 11) is 0. The van der Waals surface area contributed by atoms with Gasteiger partial charge in [-0.15, -0.1) is 0 Å². The lowest BCUT2D eigenvalue weighted by molar-refractivity contribution is -0.151. The molecule has 1 saturated heterocycles. The summed E-state index contributed by atoms with van der Waals surface area (Å²) in [6.45, 7) is 0.995. The van der Waals surface area contributed by atoms with Crippen LogP contribution < -0.4 is 5.32 Å². The Morgan fingerprint density at radius 1 is 1.25 bits per heavy atom. The number of nitrogens with zero attached hydrogens (tertiary/aromatic N) is 1. The molecule has 2 amide bonds. The van der Waals surface area contributed by atoms with Crippen LogP contribution in [0, 0.1) is 0 Å². The quantitative estimate of drug-likeness (QED) is 0.914. The Bertz CT molecular complexity index is 493. The molecule has 2 unspecified atom stereocenters. The molecule has 0 bridgehead atoms. The number of nitrogens with one attached hydrogen (secondary N) is 1. The fourth-order valence-electron chi connectivity index (χ4n) is 2.37. The average Bonchev–Trinajstić information content (AvgIpc) is 2.43. The number of amides is 2. The number of rotatable bonds is 4. The molecule has 0 spiro atoms. The molecule has 1 heterocycles. The van der Waals surface area contributed by atoms with Crippen LogP contribution in [-0.2, 0) is 9.59 Å². The van der Waals surface area contributed by atoms with Crippen LogP contribution in [0.2, 0.25) is 0 Å². The van der Waals surface area contributed by atoms with Crippen molar-refractivity contribution >= 4 is 11.8 Å². The van der Waals surface area contributed by atoms with Crippen molar-refractivity contribution in [1.82, 2.24) is 10.2 Å². The maximum atomic E-state index is 12.7. The van der Waals surface area contributed by atoms with Gasteiger partial charge < -0.3 is 10.2 Å². The van der Waals surface area contributed by atoms with Gasteiger partial charge in [0, 0.05) is 0 Å². The summed E-state index contributed by atoms with van der Waals surface area (Å²) < 4.78 is 25.4. The monoisotopic (exact) mass is 282 g/mol. The van der Waals surface area contributed by atoms with Gasteiger partial charge in [0.15, 0.2) is 0 Å². The Kier molecular flexibility index (Phi) is 4.32. The van der Waals surface area contributed by atoms with Crippen molar-refractivity contribution in [2.45, 2.75) is 31.9 Å². The van der Waals surface area contributed by atoms with E-state index in [4.69, 9.17) is 0 Å². The highest BCUT2D eigenvalue weighted by atomic mass is 19.3. The van der Waals surface area contributed by atoms with Gasteiger partial charge in [0.25, 0.3) is 6.43 Å². The van der Waals surface area contributed by atoms with E-state index in [0.29, 0.717) is 12.0 Å². The summed E-state index contributed by atoms with van der Waals surface area (Å²) in [6.07, 6.45) is -2.29. The molecule has 1 aromatic carbocycles. The molecule has 1 aromatic rings. The van der Waals surface area contributed by atoms with Gasteiger partial charge in [-0.3, -0.25) is 9.59 Å². The van der Waals surface area contributed by atoms with E-state index in [-0.39, 0.29) is 0 Å². The third kappa shape index (κ3) is 2.79. The van der Waals surface area contributed by atoms with Crippen molar-refractivity contribution in [3.05, 3.63) is 35.9 Å². The number of piperazine rings is 1. The third-order valence-electron chi connectivity index (χ3n) is 3.32. The Hall–Kier alpha value is -1.98. The average molecular weight is 282 g/mol. The molecule has 2 rings (SSSR count). The van der Waals surface area contributed by atoms with Crippen LogP contribution >= 0.6 is 0 Å². The van der Waals surface area contributed by atoms with Gasteiger partial charge in [-0.25, -0.2) is 8.78 Å². The maximum absolute atomic E-state index is 12.7.